The molecular weight excluding hydrogens is 232 g/mol. The molecule has 1 aliphatic rings. The normalized spacial score (nSPS) is 24.1. The van der Waals surface area contributed by atoms with E-state index in [1.54, 1.807) is 12.1 Å². The minimum Gasteiger partial charge on any atom is -0.328 e. The van der Waals surface area contributed by atoms with Crippen molar-refractivity contribution in [1.82, 2.24) is 0 Å². The lowest BCUT2D eigenvalue weighted by Gasteiger charge is -2.33. The molecule has 18 heavy (non-hydrogen) atoms. The summed E-state index contributed by atoms with van der Waals surface area (Å²) >= 11 is 0. The van der Waals surface area contributed by atoms with Gasteiger partial charge < -0.3 is 5.73 Å². The Bertz CT molecular complexity index is 391. The number of rotatable bonds is 4. The highest BCUT2D eigenvalue weighted by molar-refractivity contribution is 5.29. The smallest absolute Gasteiger partial charge is 0.273 e. The molecule has 0 bridgehead atoms. The number of halogens is 2. The van der Waals surface area contributed by atoms with Crippen molar-refractivity contribution < 1.29 is 8.78 Å². The zero-order valence-corrected chi connectivity index (χ0v) is 11.0. The number of nitrogens with two attached hydrogens (primary N) is 1. The van der Waals surface area contributed by atoms with E-state index in [1.807, 2.05) is 26.0 Å². The maximum absolute atomic E-state index is 13.9. The molecule has 3 heteroatoms. The van der Waals surface area contributed by atoms with Crippen molar-refractivity contribution in [3.8, 4) is 0 Å². The molecule has 0 amide bonds. The second-order valence-corrected chi connectivity index (χ2v) is 5.85. The molecule has 1 aliphatic carbocycles. The molecule has 1 nitrogen and oxygen atoms in total. The Morgan fingerprint density at radius 3 is 2.22 bits per heavy atom. The van der Waals surface area contributed by atoms with Crippen molar-refractivity contribution in [2.75, 3.05) is 0 Å². The fourth-order valence-corrected chi connectivity index (χ4v) is 2.56. The minimum absolute atomic E-state index is 0.00990. The molecule has 0 aromatic heterocycles. The van der Waals surface area contributed by atoms with Crippen LogP contribution in [-0.4, -0.2) is 6.04 Å². The SMILES string of the molecule is CC(C)CC(F)(F)c1ccc(C2CC(N)C2)cc1. The Balaban J connectivity index is 2.07. The van der Waals surface area contributed by atoms with E-state index < -0.39 is 5.92 Å². The summed E-state index contributed by atoms with van der Waals surface area (Å²) in [7, 11) is 0. The van der Waals surface area contributed by atoms with Crippen LogP contribution in [0.4, 0.5) is 8.78 Å². The Hall–Kier alpha value is -0.960. The van der Waals surface area contributed by atoms with Crippen LogP contribution in [0.3, 0.4) is 0 Å². The summed E-state index contributed by atoms with van der Waals surface area (Å²) in [6.07, 6.45) is 1.85. The summed E-state index contributed by atoms with van der Waals surface area (Å²) in [5.41, 5.74) is 7.01. The third-order valence-corrected chi connectivity index (χ3v) is 3.64. The van der Waals surface area contributed by atoms with Crippen molar-refractivity contribution in [3.63, 3.8) is 0 Å². The summed E-state index contributed by atoms with van der Waals surface area (Å²) in [4.78, 5) is 0. The average molecular weight is 253 g/mol. The lowest BCUT2D eigenvalue weighted by Crippen LogP contribution is -2.34. The van der Waals surface area contributed by atoms with E-state index in [1.165, 1.54) is 0 Å². The Labute approximate surface area is 107 Å². The number of benzene rings is 1. The zero-order valence-electron chi connectivity index (χ0n) is 11.0. The van der Waals surface area contributed by atoms with E-state index in [0.29, 0.717) is 5.92 Å². The van der Waals surface area contributed by atoms with Gasteiger partial charge in [-0.3, -0.25) is 0 Å². The average Bonchev–Trinajstić information content (AvgIpc) is 2.23. The van der Waals surface area contributed by atoms with Gasteiger partial charge in [0.2, 0.25) is 0 Å². The van der Waals surface area contributed by atoms with Crippen LogP contribution in [0, 0.1) is 5.92 Å². The van der Waals surface area contributed by atoms with E-state index in [0.717, 1.165) is 18.4 Å². The fourth-order valence-electron chi connectivity index (χ4n) is 2.56. The molecule has 1 aromatic rings. The first-order valence-electron chi connectivity index (χ1n) is 6.62. The molecule has 1 saturated carbocycles. The monoisotopic (exact) mass is 253 g/mol. The summed E-state index contributed by atoms with van der Waals surface area (Å²) in [6.45, 7) is 3.63. The first kappa shape index (κ1) is 13.5. The quantitative estimate of drug-likeness (QED) is 0.861. The van der Waals surface area contributed by atoms with E-state index in [2.05, 4.69) is 0 Å². The topological polar surface area (TPSA) is 26.0 Å². The van der Waals surface area contributed by atoms with Crippen molar-refractivity contribution in [2.45, 2.75) is 51.0 Å². The van der Waals surface area contributed by atoms with E-state index in [-0.39, 0.29) is 23.9 Å². The third-order valence-electron chi connectivity index (χ3n) is 3.64. The van der Waals surface area contributed by atoms with Gasteiger partial charge in [0.25, 0.3) is 5.92 Å². The van der Waals surface area contributed by atoms with Gasteiger partial charge in [0.15, 0.2) is 0 Å². The number of alkyl halides is 2. The standard InChI is InChI=1S/C15H21F2N/c1-10(2)9-15(16,17)13-5-3-11(4-6-13)12-7-14(18)8-12/h3-6,10,12,14H,7-9,18H2,1-2H3. The van der Waals surface area contributed by atoms with Crippen molar-refractivity contribution in [1.29, 1.82) is 0 Å². The van der Waals surface area contributed by atoms with Crippen LogP contribution in [0.2, 0.25) is 0 Å². The zero-order chi connectivity index (χ0) is 13.3. The fraction of sp³-hybridized carbons (Fsp3) is 0.600. The molecule has 0 spiro atoms. The van der Waals surface area contributed by atoms with Gasteiger partial charge in [0.05, 0.1) is 0 Å². The highest BCUT2D eigenvalue weighted by Gasteiger charge is 2.33. The van der Waals surface area contributed by atoms with E-state index in [9.17, 15) is 8.78 Å². The van der Waals surface area contributed by atoms with Gasteiger partial charge in [0.1, 0.15) is 0 Å². The van der Waals surface area contributed by atoms with Crippen LogP contribution in [0.5, 0.6) is 0 Å². The molecule has 2 rings (SSSR count). The molecule has 0 unspecified atom stereocenters. The Morgan fingerprint density at radius 2 is 1.78 bits per heavy atom. The lowest BCUT2D eigenvalue weighted by molar-refractivity contribution is -0.0249. The predicted octanol–water partition coefficient (Wildman–Crippen LogP) is 4.03. The predicted molar refractivity (Wildman–Crippen MR) is 69.7 cm³/mol. The van der Waals surface area contributed by atoms with Crippen LogP contribution in [0.15, 0.2) is 24.3 Å². The van der Waals surface area contributed by atoms with Gasteiger partial charge in [-0.05, 0) is 30.2 Å². The molecule has 0 heterocycles. The Morgan fingerprint density at radius 1 is 1.22 bits per heavy atom. The summed E-state index contributed by atoms with van der Waals surface area (Å²) in [5.74, 6) is -2.26. The molecule has 100 valence electrons. The molecule has 1 aromatic carbocycles. The molecule has 0 aliphatic heterocycles. The minimum atomic E-state index is -2.72. The molecule has 0 atom stereocenters. The molecule has 0 saturated heterocycles. The second-order valence-electron chi connectivity index (χ2n) is 5.85. The first-order chi connectivity index (χ1) is 8.38. The second kappa shape index (κ2) is 4.96. The van der Waals surface area contributed by atoms with Crippen LogP contribution in [-0.2, 0) is 5.92 Å². The maximum Gasteiger partial charge on any atom is 0.273 e. The lowest BCUT2D eigenvalue weighted by atomic mass is 9.76. The maximum atomic E-state index is 13.9. The summed E-state index contributed by atoms with van der Waals surface area (Å²) in [6, 6.07) is 7.10. The van der Waals surface area contributed by atoms with Gasteiger partial charge in [0, 0.05) is 18.0 Å². The van der Waals surface area contributed by atoms with E-state index >= 15 is 0 Å². The molecule has 2 N–H and O–H groups in total. The molecule has 1 fully saturated rings. The van der Waals surface area contributed by atoms with Gasteiger partial charge in [-0.1, -0.05) is 38.1 Å². The van der Waals surface area contributed by atoms with Crippen LogP contribution >= 0.6 is 0 Å². The first-order valence-corrected chi connectivity index (χ1v) is 6.62. The summed E-state index contributed by atoms with van der Waals surface area (Å²) < 4.78 is 27.8. The highest BCUT2D eigenvalue weighted by Crippen LogP contribution is 2.38. The van der Waals surface area contributed by atoms with Gasteiger partial charge in [-0.15, -0.1) is 0 Å². The number of hydrogen-bond acceptors (Lipinski definition) is 1. The van der Waals surface area contributed by atoms with Gasteiger partial charge >= 0.3 is 0 Å². The van der Waals surface area contributed by atoms with Gasteiger partial charge in [-0.25, -0.2) is 8.78 Å². The summed E-state index contributed by atoms with van der Waals surface area (Å²) in [5, 5.41) is 0. The van der Waals surface area contributed by atoms with Crippen LogP contribution in [0.25, 0.3) is 0 Å². The third kappa shape index (κ3) is 2.89. The van der Waals surface area contributed by atoms with Gasteiger partial charge in [-0.2, -0.15) is 0 Å². The van der Waals surface area contributed by atoms with Crippen LogP contribution in [0.1, 0.15) is 50.2 Å². The molecular formula is C15H21F2N. The van der Waals surface area contributed by atoms with Crippen molar-refractivity contribution in [2.24, 2.45) is 11.7 Å². The number of hydrogen-bond donors (Lipinski definition) is 1. The van der Waals surface area contributed by atoms with Crippen molar-refractivity contribution in [3.05, 3.63) is 35.4 Å². The van der Waals surface area contributed by atoms with E-state index in [4.69, 9.17) is 5.73 Å². The largest absolute Gasteiger partial charge is 0.328 e. The molecule has 0 radical (unpaired) electrons. The highest BCUT2D eigenvalue weighted by atomic mass is 19.3. The Kier molecular flexibility index (Phi) is 3.71. The van der Waals surface area contributed by atoms with Crippen LogP contribution < -0.4 is 5.73 Å². The van der Waals surface area contributed by atoms with Crippen molar-refractivity contribution >= 4 is 0 Å².